The molecule has 0 heterocycles. The van der Waals surface area contributed by atoms with E-state index >= 15 is 0 Å². The van der Waals surface area contributed by atoms with E-state index in [2.05, 4.69) is 13.8 Å². The summed E-state index contributed by atoms with van der Waals surface area (Å²) in [5.74, 6) is 4.67. The van der Waals surface area contributed by atoms with Crippen LogP contribution in [0.4, 0.5) is 0 Å². The molecule has 4 rings (SSSR count). The van der Waals surface area contributed by atoms with E-state index in [1.54, 1.807) is 25.7 Å². The maximum absolute atomic E-state index is 2.53. The Labute approximate surface area is 81.1 Å². The first-order valence-corrected chi connectivity index (χ1v) is 6.29. The average Bonchev–Trinajstić information content (AvgIpc) is 2.67. The number of fused-ring (bicyclic) bond motifs is 1. The van der Waals surface area contributed by atoms with Gasteiger partial charge >= 0.3 is 0 Å². The molecule has 2 spiro atoms. The maximum Gasteiger partial charge on any atom is -0.0145 e. The highest BCUT2D eigenvalue weighted by Crippen LogP contribution is 2.98. The third-order valence-corrected chi connectivity index (χ3v) is 6.59. The van der Waals surface area contributed by atoms with Crippen molar-refractivity contribution in [3.05, 3.63) is 0 Å². The van der Waals surface area contributed by atoms with Gasteiger partial charge in [0.1, 0.15) is 0 Å². The molecule has 0 aromatic heterocycles. The van der Waals surface area contributed by atoms with Gasteiger partial charge in [-0.2, -0.15) is 0 Å². The van der Waals surface area contributed by atoms with E-state index in [4.69, 9.17) is 0 Å². The molecule has 0 aromatic carbocycles. The lowest BCUT2D eigenvalue weighted by molar-refractivity contribution is -0.108. The molecule has 0 radical (unpaired) electrons. The van der Waals surface area contributed by atoms with E-state index in [0.717, 1.165) is 22.7 Å². The Morgan fingerprint density at radius 2 is 2.08 bits per heavy atom. The molecule has 0 N–H and O–H groups in total. The Morgan fingerprint density at radius 3 is 2.46 bits per heavy atom. The summed E-state index contributed by atoms with van der Waals surface area (Å²) in [7, 11) is 0. The van der Waals surface area contributed by atoms with Crippen molar-refractivity contribution in [1.82, 2.24) is 0 Å². The second-order valence-corrected chi connectivity index (χ2v) is 6.24. The summed E-state index contributed by atoms with van der Waals surface area (Å²) >= 11 is 0. The lowest BCUT2D eigenvalue weighted by Gasteiger charge is -2.58. The summed E-state index contributed by atoms with van der Waals surface area (Å²) in [6, 6.07) is 0. The van der Waals surface area contributed by atoms with Crippen LogP contribution in [0.1, 0.15) is 46.0 Å². The summed E-state index contributed by atoms with van der Waals surface area (Å²) in [6.45, 7) is 4.95. The second-order valence-electron chi connectivity index (χ2n) is 6.24. The van der Waals surface area contributed by atoms with E-state index in [1.807, 2.05) is 0 Å². The highest BCUT2D eigenvalue weighted by Gasteiger charge is 2.93. The largest absolute Gasteiger partial charge is 0.0651 e. The van der Waals surface area contributed by atoms with Crippen molar-refractivity contribution in [1.29, 1.82) is 0 Å². The minimum atomic E-state index is 0.940. The molecule has 0 heteroatoms. The van der Waals surface area contributed by atoms with Crippen LogP contribution in [0.5, 0.6) is 0 Å². The first-order chi connectivity index (χ1) is 6.29. The van der Waals surface area contributed by atoms with Crippen LogP contribution in [0.3, 0.4) is 0 Å². The zero-order chi connectivity index (χ0) is 8.84. The fourth-order valence-electron chi connectivity index (χ4n) is 6.28. The third kappa shape index (κ3) is 0.427. The molecule has 4 aliphatic carbocycles. The highest BCUT2D eigenvalue weighted by molar-refractivity contribution is 5.40. The number of hydrogen-bond acceptors (Lipinski definition) is 0. The minimum Gasteiger partial charge on any atom is -0.0651 e. The molecule has 0 amide bonds. The van der Waals surface area contributed by atoms with E-state index in [1.165, 1.54) is 18.3 Å². The first-order valence-electron chi connectivity index (χ1n) is 6.29. The van der Waals surface area contributed by atoms with Gasteiger partial charge in [0, 0.05) is 0 Å². The van der Waals surface area contributed by atoms with Gasteiger partial charge in [0.05, 0.1) is 0 Å². The molecule has 4 saturated carbocycles. The van der Waals surface area contributed by atoms with E-state index in [9.17, 15) is 0 Å². The lowest BCUT2D eigenvalue weighted by Crippen LogP contribution is -2.53. The van der Waals surface area contributed by atoms with Crippen LogP contribution in [-0.2, 0) is 0 Å². The highest BCUT2D eigenvalue weighted by atomic mass is 15.0. The van der Waals surface area contributed by atoms with E-state index in [0.29, 0.717) is 0 Å². The van der Waals surface area contributed by atoms with Crippen molar-refractivity contribution < 1.29 is 0 Å². The fourth-order valence-corrected chi connectivity index (χ4v) is 6.28. The molecular weight excluding hydrogens is 156 g/mol. The molecule has 0 saturated heterocycles. The molecule has 72 valence electrons. The summed E-state index contributed by atoms with van der Waals surface area (Å²) in [4.78, 5) is 0. The van der Waals surface area contributed by atoms with Gasteiger partial charge in [0.25, 0.3) is 0 Å². The van der Waals surface area contributed by atoms with Crippen molar-refractivity contribution >= 4 is 0 Å². The van der Waals surface area contributed by atoms with Crippen molar-refractivity contribution in [2.24, 2.45) is 34.5 Å². The molecule has 4 fully saturated rings. The molecule has 0 bridgehead atoms. The van der Waals surface area contributed by atoms with Crippen molar-refractivity contribution in [3.63, 3.8) is 0 Å². The summed E-state index contributed by atoms with van der Waals surface area (Å²) < 4.78 is 0. The zero-order valence-electron chi connectivity index (χ0n) is 8.84. The van der Waals surface area contributed by atoms with Gasteiger partial charge in [-0.3, -0.25) is 0 Å². The average molecular weight is 176 g/mol. The third-order valence-electron chi connectivity index (χ3n) is 6.59. The Kier molecular flexibility index (Phi) is 0.971. The number of rotatable bonds is 1. The molecule has 5 unspecified atom stereocenters. The smallest absolute Gasteiger partial charge is 0.0145 e. The maximum atomic E-state index is 2.53. The normalized spacial score (nSPS) is 64.2. The lowest BCUT2D eigenvalue weighted by atomic mass is 9.46. The second kappa shape index (κ2) is 1.73. The van der Waals surface area contributed by atoms with Gasteiger partial charge in [0.15, 0.2) is 0 Å². The molecule has 0 aromatic rings. The van der Waals surface area contributed by atoms with Gasteiger partial charge in [-0.05, 0) is 53.8 Å². The molecule has 5 atom stereocenters. The number of hydrogen-bond donors (Lipinski definition) is 0. The summed E-state index contributed by atoms with van der Waals surface area (Å²) in [5.41, 5.74) is 1.89. The van der Waals surface area contributed by atoms with Crippen LogP contribution in [0, 0.1) is 34.5 Å². The Morgan fingerprint density at radius 1 is 1.31 bits per heavy atom. The fraction of sp³-hybridized carbons (Fsp3) is 1.00. The predicted octanol–water partition coefficient (Wildman–Crippen LogP) is 3.47. The van der Waals surface area contributed by atoms with Crippen molar-refractivity contribution in [2.45, 2.75) is 46.0 Å². The minimum absolute atomic E-state index is 0.940. The zero-order valence-corrected chi connectivity index (χ0v) is 8.84. The van der Waals surface area contributed by atoms with Crippen LogP contribution < -0.4 is 0 Å². The van der Waals surface area contributed by atoms with Gasteiger partial charge in [-0.15, -0.1) is 0 Å². The van der Waals surface area contributed by atoms with Gasteiger partial charge in [0.2, 0.25) is 0 Å². The molecular formula is C13H20. The van der Waals surface area contributed by atoms with Crippen molar-refractivity contribution in [2.75, 3.05) is 0 Å². The van der Waals surface area contributed by atoms with E-state index in [-0.39, 0.29) is 0 Å². The molecule has 4 aliphatic rings. The van der Waals surface area contributed by atoms with Gasteiger partial charge < -0.3 is 0 Å². The first kappa shape index (κ1) is 7.31. The van der Waals surface area contributed by atoms with Crippen LogP contribution in [0.2, 0.25) is 0 Å². The van der Waals surface area contributed by atoms with E-state index < -0.39 is 0 Å². The Bertz CT molecular complexity index is 276. The SMILES string of the molecule is CCC1C2CC(C)C23C1C31CCC1. The predicted molar refractivity (Wildman–Crippen MR) is 53.3 cm³/mol. The summed E-state index contributed by atoms with van der Waals surface area (Å²) in [6.07, 6.45) is 7.82. The standard InChI is InChI=1S/C13H20/c1-3-9-10-7-8(2)13(10)11(9)12(13)5-4-6-12/h8-11H,3-7H2,1-2H3. The Hall–Kier alpha value is 0. The molecule has 0 aliphatic heterocycles. The topological polar surface area (TPSA) is 0 Å². The van der Waals surface area contributed by atoms with Gasteiger partial charge in [-0.25, -0.2) is 0 Å². The molecule has 13 heavy (non-hydrogen) atoms. The summed E-state index contributed by atoms with van der Waals surface area (Å²) in [5, 5.41) is 0. The van der Waals surface area contributed by atoms with Crippen LogP contribution in [0.15, 0.2) is 0 Å². The quantitative estimate of drug-likeness (QED) is 0.574. The molecule has 0 nitrogen and oxygen atoms in total. The van der Waals surface area contributed by atoms with Crippen LogP contribution in [0.25, 0.3) is 0 Å². The van der Waals surface area contributed by atoms with Crippen molar-refractivity contribution in [3.8, 4) is 0 Å². The monoisotopic (exact) mass is 176 g/mol. The van der Waals surface area contributed by atoms with Gasteiger partial charge in [-0.1, -0.05) is 26.7 Å². The van der Waals surface area contributed by atoms with Crippen LogP contribution >= 0.6 is 0 Å². The Balaban J connectivity index is 1.72. The van der Waals surface area contributed by atoms with Crippen LogP contribution in [-0.4, -0.2) is 0 Å².